The Morgan fingerprint density at radius 1 is 1.56 bits per heavy atom. The van der Waals surface area contributed by atoms with Crippen LogP contribution in [-0.2, 0) is 6.54 Å². The Kier molecular flexibility index (Phi) is 4.02. The third-order valence-electron chi connectivity index (χ3n) is 3.04. The molecule has 5 heteroatoms. The van der Waals surface area contributed by atoms with E-state index < -0.39 is 0 Å². The van der Waals surface area contributed by atoms with Gasteiger partial charge in [0.1, 0.15) is 5.76 Å². The number of hydrogen-bond acceptors (Lipinski definition) is 3. The predicted octanol–water partition coefficient (Wildman–Crippen LogP) is 2.20. The van der Waals surface area contributed by atoms with Crippen molar-refractivity contribution < 1.29 is 9.21 Å². The second-order valence-corrected chi connectivity index (χ2v) is 4.54. The molecule has 1 aliphatic rings. The van der Waals surface area contributed by atoms with E-state index in [1.807, 2.05) is 19.9 Å². The molecule has 0 unspecified atom stereocenters. The van der Waals surface area contributed by atoms with E-state index in [0.717, 1.165) is 30.7 Å². The number of amides is 2. The summed E-state index contributed by atoms with van der Waals surface area (Å²) in [5, 5.41) is 5.65. The molecule has 1 heterocycles. The van der Waals surface area contributed by atoms with E-state index in [1.54, 1.807) is 0 Å². The molecule has 0 bridgehead atoms. The summed E-state index contributed by atoms with van der Waals surface area (Å²) in [6.07, 6.45) is 7.38. The lowest BCUT2D eigenvalue weighted by molar-refractivity contribution is 0.236. The predicted molar refractivity (Wildman–Crippen MR) is 68.1 cm³/mol. The van der Waals surface area contributed by atoms with E-state index in [0.29, 0.717) is 12.4 Å². The second kappa shape index (κ2) is 5.71. The third kappa shape index (κ3) is 3.35. The standard InChI is InChI=1S/C13H19N3O2/c1-9-10(2)18-12(15-9)8-14-13(17)16-11-6-4-3-5-7-11/h4,6,11H,3,5,7-8H2,1-2H3,(H2,14,16,17)/t11-/m1/s1. The number of oxazole rings is 1. The lowest BCUT2D eigenvalue weighted by Gasteiger charge is -2.17. The van der Waals surface area contributed by atoms with Crippen LogP contribution in [0.1, 0.15) is 36.6 Å². The first kappa shape index (κ1) is 12.7. The molecule has 0 aromatic carbocycles. The normalized spacial score (nSPS) is 18.7. The summed E-state index contributed by atoms with van der Waals surface area (Å²) in [4.78, 5) is 15.9. The van der Waals surface area contributed by atoms with Crippen molar-refractivity contribution in [1.29, 1.82) is 0 Å². The van der Waals surface area contributed by atoms with E-state index in [4.69, 9.17) is 4.42 Å². The summed E-state index contributed by atoms with van der Waals surface area (Å²) in [5.74, 6) is 1.33. The highest BCUT2D eigenvalue weighted by molar-refractivity contribution is 5.74. The molecule has 2 N–H and O–H groups in total. The zero-order valence-corrected chi connectivity index (χ0v) is 10.8. The summed E-state index contributed by atoms with van der Waals surface area (Å²) in [5.41, 5.74) is 0.863. The number of nitrogens with one attached hydrogen (secondary N) is 2. The van der Waals surface area contributed by atoms with Crippen LogP contribution in [0, 0.1) is 13.8 Å². The van der Waals surface area contributed by atoms with Gasteiger partial charge >= 0.3 is 6.03 Å². The minimum Gasteiger partial charge on any atom is -0.444 e. The fraction of sp³-hybridized carbons (Fsp3) is 0.538. The highest BCUT2D eigenvalue weighted by Gasteiger charge is 2.12. The van der Waals surface area contributed by atoms with Gasteiger partial charge in [0, 0.05) is 6.04 Å². The molecule has 2 amide bonds. The van der Waals surface area contributed by atoms with Crippen molar-refractivity contribution >= 4 is 6.03 Å². The molecular weight excluding hydrogens is 230 g/mol. The van der Waals surface area contributed by atoms with Crippen LogP contribution in [0.5, 0.6) is 0 Å². The van der Waals surface area contributed by atoms with Gasteiger partial charge in [0.05, 0.1) is 12.2 Å². The van der Waals surface area contributed by atoms with Crippen molar-refractivity contribution in [2.75, 3.05) is 0 Å². The largest absolute Gasteiger partial charge is 0.444 e. The van der Waals surface area contributed by atoms with Crippen LogP contribution in [0.15, 0.2) is 16.6 Å². The number of allylic oxidation sites excluding steroid dienone is 1. The number of rotatable bonds is 3. The fourth-order valence-corrected chi connectivity index (χ4v) is 1.92. The highest BCUT2D eigenvalue weighted by Crippen LogP contribution is 2.10. The maximum atomic E-state index is 11.7. The van der Waals surface area contributed by atoms with Crippen molar-refractivity contribution in [2.45, 2.75) is 45.7 Å². The van der Waals surface area contributed by atoms with Gasteiger partial charge in [-0.1, -0.05) is 12.2 Å². The number of hydrogen-bond donors (Lipinski definition) is 2. The lowest BCUT2D eigenvalue weighted by atomic mass is 10.0. The van der Waals surface area contributed by atoms with Gasteiger partial charge in [-0.15, -0.1) is 0 Å². The lowest BCUT2D eigenvalue weighted by Crippen LogP contribution is -2.41. The van der Waals surface area contributed by atoms with Crippen molar-refractivity contribution in [2.24, 2.45) is 0 Å². The van der Waals surface area contributed by atoms with Gasteiger partial charge in [0.15, 0.2) is 0 Å². The molecule has 18 heavy (non-hydrogen) atoms. The maximum absolute atomic E-state index is 11.7. The minimum absolute atomic E-state index is 0.145. The summed E-state index contributed by atoms with van der Waals surface area (Å²) in [6, 6.07) is -0.0353. The summed E-state index contributed by atoms with van der Waals surface area (Å²) in [6.45, 7) is 4.06. The smallest absolute Gasteiger partial charge is 0.315 e. The molecule has 5 nitrogen and oxygen atoms in total. The van der Waals surface area contributed by atoms with E-state index >= 15 is 0 Å². The molecule has 0 spiro atoms. The van der Waals surface area contributed by atoms with E-state index in [2.05, 4.69) is 21.7 Å². The first-order valence-electron chi connectivity index (χ1n) is 6.29. The van der Waals surface area contributed by atoms with E-state index in [1.165, 1.54) is 0 Å². The first-order valence-corrected chi connectivity index (χ1v) is 6.29. The van der Waals surface area contributed by atoms with Gasteiger partial charge in [-0.3, -0.25) is 0 Å². The molecule has 1 aromatic rings. The Balaban J connectivity index is 1.77. The SMILES string of the molecule is Cc1nc(CNC(=O)N[C@@H]2C=CCCC2)oc1C. The zero-order chi connectivity index (χ0) is 13.0. The zero-order valence-electron chi connectivity index (χ0n) is 10.8. The number of aromatic nitrogens is 1. The highest BCUT2D eigenvalue weighted by atomic mass is 16.4. The van der Waals surface area contributed by atoms with Crippen LogP contribution < -0.4 is 10.6 Å². The van der Waals surface area contributed by atoms with Crippen LogP contribution in [-0.4, -0.2) is 17.1 Å². The van der Waals surface area contributed by atoms with E-state index in [-0.39, 0.29) is 12.1 Å². The molecule has 1 atom stereocenters. The van der Waals surface area contributed by atoms with Crippen LogP contribution in [0.25, 0.3) is 0 Å². The summed E-state index contributed by atoms with van der Waals surface area (Å²) < 4.78 is 5.39. The topological polar surface area (TPSA) is 67.2 Å². The average Bonchev–Trinajstić information content (AvgIpc) is 2.68. The van der Waals surface area contributed by atoms with Crippen molar-refractivity contribution in [3.05, 3.63) is 29.5 Å². The van der Waals surface area contributed by atoms with Crippen LogP contribution in [0.2, 0.25) is 0 Å². The van der Waals surface area contributed by atoms with Gasteiger partial charge in [0.2, 0.25) is 5.89 Å². The number of carbonyl (C=O) groups is 1. The van der Waals surface area contributed by atoms with Crippen LogP contribution in [0.3, 0.4) is 0 Å². The number of nitrogens with zero attached hydrogens (tertiary/aromatic N) is 1. The van der Waals surface area contributed by atoms with Gasteiger partial charge in [-0.25, -0.2) is 9.78 Å². The monoisotopic (exact) mass is 249 g/mol. The van der Waals surface area contributed by atoms with Gasteiger partial charge < -0.3 is 15.1 Å². The Morgan fingerprint density at radius 3 is 3.00 bits per heavy atom. The second-order valence-electron chi connectivity index (χ2n) is 4.54. The Hall–Kier alpha value is -1.78. The van der Waals surface area contributed by atoms with E-state index in [9.17, 15) is 4.79 Å². The Bertz CT molecular complexity index is 432. The van der Waals surface area contributed by atoms with Crippen molar-refractivity contribution in [3.8, 4) is 0 Å². The quantitative estimate of drug-likeness (QED) is 0.807. The average molecular weight is 249 g/mol. The molecule has 0 aliphatic heterocycles. The number of urea groups is 1. The van der Waals surface area contributed by atoms with Crippen LogP contribution in [0.4, 0.5) is 4.79 Å². The minimum atomic E-state index is -0.181. The Labute approximate surface area is 107 Å². The molecule has 0 radical (unpaired) electrons. The molecule has 0 saturated carbocycles. The van der Waals surface area contributed by atoms with Gasteiger partial charge in [0.25, 0.3) is 0 Å². The summed E-state index contributed by atoms with van der Waals surface area (Å²) in [7, 11) is 0. The van der Waals surface area contributed by atoms with Crippen LogP contribution >= 0.6 is 0 Å². The van der Waals surface area contributed by atoms with Gasteiger partial charge in [-0.2, -0.15) is 0 Å². The third-order valence-corrected chi connectivity index (χ3v) is 3.04. The molecule has 1 aromatic heterocycles. The van der Waals surface area contributed by atoms with Crippen molar-refractivity contribution in [1.82, 2.24) is 15.6 Å². The molecular formula is C13H19N3O2. The molecule has 98 valence electrons. The van der Waals surface area contributed by atoms with Crippen molar-refractivity contribution in [3.63, 3.8) is 0 Å². The molecule has 0 fully saturated rings. The van der Waals surface area contributed by atoms with Gasteiger partial charge in [-0.05, 0) is 33.1 Å². The summed E-state index contributed by atoms with van der Waals surface area (Å²) >= 11 is 0. The fourth-order valence-electron chi connectivity index (χ4n) is 1.92. The molecule has 0 saturated heterocycles. The maximum Gasteiger partial charge on any atom is 0.315 e. The Morgan fingerprint density at radius 2 is 2.39 bits per heavy atom. The number of carbonyl (C=O) groups excluding carboxylic acids is 1. The molecule has 1 aliphatic carbocycles. The first-order chi connectivity index (χ1) is 8.65. The number of aryl methyl sites for hydroxylation is 2. The molecule has 2 rings (SSSR count).